The van der Waals surface area contributed by atoms with Gasteiger partial charge in [0.25, 0.3) is 0 Å². The molecule has 3 nitrogen and oxygen atoms in total. The van der Waals surface area contributed by atoms with E-state index >= 15 is 0 Å². The van der Waals surface area contributed by atoms with Gasteiger partial charge in [-0.15, -0.1) is 0 Å². The summed E-state index contributed by atoms with van der Waals surface area (Å²) in [5.41, 5.74) is 10.3. The molecule has 2 N–H and O–H groups in total. The zero-order valence-electron chi connectivity index (χ0n) is 12.8. The summed E-state index contributed by atoms with van der Waals surface area (Å²) in [6.07, 6.45) is 0. The van der Waals surface area contributed by atoms with Gasteiger partial charge in [0.05, 0.1) is 10.7 Å². The first-order valence-corrected chi connectivity index (χ1v) is 7.99. The van der Waals surface area contributed by atoms with Gasteiger partial charge in [-0.05, 0) is 36.2 Å². The normalized spacial score (nSPS) is 10.4. The molecular weight excluding hydrogens is 341 g/mol. The number of nitriles is 1. The Balaban J connectivity index is 2.35. The lowest BCUT2D eigenvalue weighted by Crippen LogP contribution is -2.03. The SMILES string of the molecule is Cc1c(-c2ccc(Cl)cc2Cl)nc(N)c(C#N)c1-c1ccccc1. The van der Waals surface area contributed by atoms with Crippen molar-refractivity contribution in [2.24, 2.45) is 0 Å². The van der Waals surface area contributed by atoms with Crippen LogP contribution in [-0.2, 0) is 0 Å². The molecule has 0 aliphatic carbocycles. The van der Waals surface area contributed by atoms with Gasteiger partial charge in [0, 0.05) is 16.1 Å². The van der Waals surface area contributed by atoms with Crippen LogP contribution in [0, 0.1) is 18.3 Å². The minimum Gasteiger partial charge on any atom is -0.383 e. The van der Waals surface area contributed by atoms with Crippen LogP contribution < -0.4 is 5.73 Å². The number of anilines is 1. The van der Waals surface area contributed by atoms with Crippen LogP contribution in [0.1, 0.15) is 11.1 Å². The molecule has 0 aliphatic heterocycles. The number of hydrogen-bond donors (Lipinski definition) is 1. The van der Waals surface area contributed by atoms with Gasteiger partial charge >= 0.3 is 0 Å². The maximum Gasteiger partial charge on any atom is 0.142 e. The number of aromatic nitrogens is 1. The molecule has 0 atom stereocenters. The molecular formula is C19H13Cl2N3. The molecule has 2 aromatic carbocycles. The van der Waals surface area contributed by atoms with E-state index in [0.29, 0.717) is 21.3 Å². The molecule has 0 bridgehead atoms. The maximum atomic E-state index is 9.52. The summed E-state index contributed by atoms with van der Waals surface area (Å²) in [5.74, 6) is 0.183. The highest BCUT2D eigenvalue weighted by Crippen LogP contribution is 2.38. The molecule has 0 saturated carbocycles. The number of nitrogen functional groups attached to an aromatic ring is 1. The van der Waals surface area contributed by atoms with Crippen molar-refractivity contribution in [3.63, 3.8) is 0 Å². The predicted molar refractivity (Wildman–Crippen MR) is 99.0 cm³/mol. The lowest BCUT2D eigenvalue weighted by Gasteiger charge is -2.16. The van der Waals surface area contributed by atoms with E-state index in [0.717, 1.165) is 22.3 Å². The van der Waals surface area contributed by atoms with Crippen molar-refractivity contribution in [3.8, 4) is 28.5 Å². The number of nitrogens with zero attached hydrogens (tertiary/aromatic N) is 2. The molecule has 3 rings (SSSR count). The Morgan fingerprint density at radius 3 is 2.42 bits per heavy atom. The second kappa shape index (κ2) is 6.52. The fourth-order valence-electron chi connectivity index (χ4n) is 2.72. The highest BCUT2D eigenvalue weighted by Gasteiger charge is 2.19. The largest absolute Gasteiger partial charge is 0.383 e. The monoisotopic (exact) mass is 353 g/mol. The second-order valence-corrected chi connectivity index (χ2v) is 6.17. The van der Waals surface area contributed by atoms with Crippen LogP contribution in [0.5, 0.6) is 0 Å². The second-order valence-electron chi connectivity index (χ2n) is 5.32. The van der Waals surface area contributed by atoms with E-state index in [1.807, 2.05) is 37.3 Å². The van der Waals surface area contributed by atoms with Crippen LogP contribution in [0.25, 0.3) is 22.4 Å². The number of nitrogens with two attached hydrogens (primary N) is 1. The zero-order valence-corrected chi connectivity index (χ0v) is 14.4. The Bertz CT molecular complexity index is 961. The van der Waals surface area contributed by atoms with Crippen LogP contribution in [0.2, 0.25) is 10.0 Å². The van der Waals surface area contributed by atoms with Crippen molar-refractivity contribution < 1.29 is 0 Å². The van der Waals surface area contributed by atoms with Gasteiger partial charge in [-0.1, -0.05) is 53.5 Å². The average Bonchev–Trinajstić information content (AvgIpc) is 2.57. The standard InChI is InChI=1S/C19H13Cl2N3/c1-11-17(12-5-3-2-4-6-12)15(10-22)19(23)24-18(11)14-8-7-13(20)9-16(14)21/h2-9H,1H3,(H2,23,24). The molecule has 1 heterocycles. The lowest BCUT2D eigenvalue weighted by atomic mass is 9.93. The summed E-state index contributed by atoms with van der Waals surface area (Å²) in [6, 6.07) is 17.0. The summed E-state index contributed by atoms with van der Waals surface area (Å²) >= 11 is 12.3. The van der Waals surface area contributed by atoms with Crippen molar-refractivity contribution in [1.29, 1.82) is 5.26 Å². The van der Waals surface area contributed by atoms with Crippen LogP contribution in [0.15, 0.2) is 48.5 Å². The van der Waals surface area contributed by atoms with E-state index in [2.05, 4.69) is 11.1 Å². The Morgan fingerprint density at radius 1 is 1.08 bits per heavy atom. The van der Waals surface area contributed by atoms with Gasteiger partial charge in [-0.25, -0.2) is 4.98 Å². The first kappa shape index (κ1) is 16.3. The van der Waals surface area contributed by atoms with E-state index in [-0.39, 0.29) is 5.82 Å². The number of benzene rings is 2. The van der Waals surface area contributed by atoms with Crippen molar-refractivity contribution in [1.82, 2.24) is 4.98 Å². The number of hydrogen-bond acceptors (Lipinski definition) is 3. The number of halogens is 2. The van der Waals surface area contributed by atoms with Crippen molar-refractivity contribution in [2.45, 2.75) is 6.92 Å². The van der Waals surface area contributed by atoms with E-state index in [1.54, 1.807) is 18.2 Å². The summed E-state index contributed by atoms with van der Waals surface area (Å²) in [5, 5.41) is 10.6. The maximum absolute atomic E-state index is 9.52. The molecule has 3 aromatic rings. The molecule has 0 aliphatic rings. The third-order valence-electron chi connectivity index (χ3n) is 3.83. The Kier molecular flexibility index (Phi) is 4.44. The van der Waals surface area contributed by atoms with E-state index in [4.69, 9.17) is 28.9 Å². The minimum absolute atomic E-state index is 0.183. The highest BCUT2D eigenvalue weighted by molar-refractivity contribution is 6.36. The Morgan fingerprint density at radius 2 is 1.79 bits per heavy atom. The topological polar surface area (TPSA) is 62.7 Å². The quantitative estimate of drug-likeness (QED) is 0.662. The third kappa shape index (κ3) is 2.82. The van der Waals surface area contributed by atoms with Gasteiger partial charge < -0.3 is 5.73 Å². The molecule has 5 heteroatoms. The summed E-state index contributed by atoms with van der Waals surface area (Å²) in [4.78, 5) is 4.42. The van der Waals surface area contributed by atoms with E-state index in [9.17, 15) is 5.26 Å². The van der Waals surface area contributed by atoms with Gasteiger partial charge in [0.1, 0.15) is 17.5 Å². The van der Waals surface area contributed by atoms with Gasteiger partial charge in [-0.2, -0.15) is 5.26 Å². The molecule has 0 spiro atoms. The van der Waals surface area contributed by atoms with Crippen LogP contribution in [-0.4, -0.2) is 4.98 Å². The fraction of sp³-hybridized carbons (Fsp3) is 0.0526. The molecule has 118 valence electrons. The first-order chi connectivity index (χ1) is 11.5. The predicted octanol–water partition coefficient (Wildman–Crippen LogP) is 5.48. The Hall–Kier alpha value is -2.54. The van der Waals surface area contributed by atoms with E-state index < -0.39 is 0 Å². The molecule has 1 aromatic heterocycles. The zero-order chi connectivity index (χ0) is 17.3. The smallest absolute Gasteiger partial charge is 0.142 e. The van der Waals surface area contributed by atoms with Crippen molar-refractivity contribution >= 4 is 29.0 Å². The number of pyridine rings is 1. The first-order valence-electron chi connectivity index (χ1n) is 7.24. The van der Waals surface area contributed by atoms with Crippen molar-refractivity contribution in [2.75, 3.05) is 5.73 Å². The lowest BCUT2D eigenvalue weighted by molar-refractivity contribution is 1.26. The minimum atomic E-state index is 0.183. The van der Waals surface area contributed by atoms with Gasteiger partial charge in [0.15, 0.2) is 0 Å². The van der Waals surface area contributed by atoms with Gasteiger partial charge in [0.2, 0.25) is 0 Å². The van der Waals surface area contributed by atoms with Crippen LogP contribution >= 0.6 is 23.2 Å². The summed E-state index contributed by atoms with van der Waals surface area (Å²) in [6.45, 7) is 1.91. The summed E-state index contributed by atoms with van der Waals surface area (Å²) in [7, 11) is 0. The average molecular weight is 354 g/mol. The highest BCUT2D eigenvalue weighted by atomic mass is 35.5. The van der Waals surface area contributed by atoms with Crippen LogP contribution in [0.3, 0.4) is 0 Å². The summed E-state index contributed by atoms with van der Waals surface area (Å²) < 4.78 is 0. The van der Waals surface area contributed by atoms with E-state index in [1.165, 1.54) is 0 Å². The van der Waals surface area contributed by atoms with Crippen molar-refractivity contribution in [3.05, 3.63) is 69.7 Å². The molecule has 0 saturated heterocycles. The third-order valence-corrected chi connectivity index (χ3v) is 4.38. The molecule has 24 heavy (non-hydrogen) atoms. The number of rotatable bonds is 2. The fourth-order valence-corrected chi connectivity index (χ4v) is 3.21. The molecule has 0 unspecified atom stereocenters. The molecule has 0 radical (unpaired) electrons. The Labute approximate surface area is 150 Å². The van der Waals surface area contributed by atoms with Crippen LogP contribution in [0.4, 0.5) is 5.82 Å². The molecule has 0 amide bonds. The molecule has 0 fully saturated rings. The van der Waals surface area contributed by atoms with Gasteiger partial charge in [-0.3, -0.25) is 0 Å².